The van der Waals surface area contributed by atoms with Crippen LogP contribution in [0.3, 0.4) is 0 Å². The number of thiophene rings is 1. The van der Waals surface area contributed by atoms with Gasteiger partial charge in [-0.25, -0.2) is 9.36 Å². The lowest BCUT2D eigenvalue weighted by atomic mass is 10.1. The van der Waals surface area contributed by atoms with E-state index in [2.05, 4.69) is 6.07 Å². The first kappa shape index (κ1) is 19.2. The molecule has 0 aliphatic carbocycles. The van der Waals surface area contributed by atoms with Gasteiger partial charge in [-0.05, 0) is 43.2 Å². The summed E-state index contributed by atoms with van der Waals surface area (Å²) in [6, 6.07) is 14.3. The SMILES string of the molecule is Cc1sc2c(c1C)c(=O)n(-c1ccc3c(c1)OCO3)c(=O)n2Cc1ccccc1C#N. The lowest BCUT2D eigenvalue weighted by molar-refractivity contribution is 0.174. The van der Waals surface area contributed by atoms with E-state index in [0.29, 0.717) is 38.5 Å². The van der Waals surface area contributed by atoms with Gasteiger partial charge in [-0.15, -0.1) is 11.3 Å². The van der Waals surface area contributed by atoms with Gasteiger partial charge in [0.05, 0.1) is 29.3 Å². The first-order valence-corrected chi connectivity index (χ1v) is 10.4. The number of aromatic nitrogens is 2. The Hall–Kier alpha value is -3.83. The normalized spacial score (nSPS) is 12.3. The van der Waals surface area contributed by atoms with E-state index >= 15 is 0 Å². The van der Waals surface area contributed by atoms with Crippen LogP contribution in [0, 0.1) is 25.2 Å². The van der Waals surface area contributed by atoms with Crippen LogP contribution < -0.4 is 20.7 Å². The molecule has 0 saturated carbocycles. The van der Waals surface area contributed by atoms with Gasteiger partial charge in [-0.2, -0.15) is 5.26 Å². The average Bonchev–Trinajstić information content (AvgIpc) is 3.35. The molecule has 0 fully saturated rings. The minimum absolute atomic E-state index is 0.102. The van der Waals surface area contributed by atoms with Crippen molar-refractivity contribution in [3.63, 3.8) is 0 Å². The lowest BCUT2D eigenvalue weighted by Crippen LogP contribution is -2.39. The third kappa shape index (κ3) is 2.94. The summed E-state index contributed by atoms with van der Waals surface area (Å²) in [5, 5.41) is 9.99. The molecule has 5 rings (SSSR count). The highest BCUT2D eigenvalue weighted by molar-refractivity contribution is 7.18. The summed E-state index contributed by atoms with van der Waals surface area (Å²) in [6.45, 7) is 4.11. The Morgan fingerprint density at radius 3 is 2.68 bits per heavy atom. The summed E-state index contributed by atoms with van der Waals surface area (Å²) in [5.41, 5.74) is 1.63. The van der Waals surface area contributed by atoms with Crippen LogP contribution >= 0.6 is 11.3 Å². The maximum atomic E-state index is 13.6. The molecule has 7 nitrogen and oxygen atoms in total. The van der Waals surface area contributed by atoms with Crippen LogP contribution in [-0.2, 0) is 6.54 Å². The van der Waals surface area contributed by atoms with E-state index in [9.17, 15) is 14.9 Å². The monoisotopic (exact) mass is 431 g/mol. The van der Waals surface area contributed by atoms with Crippen molar-refractivity contribution >= 4 is 21.6 Å². The molecule has 31 heavy (non-hydrogen) atoms. The van der Waals surface area contributed by atoms with Gasteiger partial charge in [0.1, 0.15) is 4.83 Å². The van der Waals surface area contributed by atoms with E-state index < -0.39 is 5.69 Å². The minimum atomic E-state index is -0.467. The highest BCUT2D eigenvalue weighted by atomic mass is 32.1. The van der Waals surface area contributed by atoms with Gasteiger partial charge < -0.3 is 9.47 Å². The number of ether oxygens (including phenoxy) is 2. The molecule has 0 unspecified atom stereocenters. The number of hydrogen-bond acceptors (Lipinski definition) is 6. The molecular weight excluding hydrogens is 414 g/mol. The predicted molar refractivity (Wildman–Crippen MR) is 118 cm³/mol. The molecule has 0 spiro atoms. The van der Waals surface area contributed by atoms with Gasteiger partial charge in [0.25, 0.3) is 5.56 Å². The summed E-state index contributed by atoms with van der Waals surface area (Å²) in [6.07, 6.45) is 0. The number of nitrogens with zero attached hydrogens (tertiary/aromatic N) is 3. The smallest absolute Gasteiger partial charge is 0.337 e. The number of fused-ring (bicyclic) bond motifs is 2. The summed E-state index contributed by atoms with van der Waals surface area (Å²) in [4.78, 5) is 28.6. The molecular formula is C23H17N3O4S. The van der Waals surface area contributed by atoms with Crippen molar-refractivity contribution in [2.24, 2.45) is 0 Å². The molecule has 2 aromatic heterocycles. The quantitative estimate of drug-likeness (QED) is 0.496. The Morgan fingerprint density at radius 2 is 1.87 bits per heavy atom. The number of aryl methyl sites for hydroxylation is 2. The third-order valence-electron chi connectivity index (χ3n) is 5.53. The van der Waals surface area contributed by atoms with E-state index in [4.69, 9.17) is 9.47 Å². The molecule has 8 heteroatoms. The molecule has 1 aliphatic rings. The predicted octanol–water partition coefficient (Wildman–Crippen LogP) is 3.48. The van der Waals surface area contributed by atoms with E-state index in [-0.39, 0.29) is 18.9 Å². The van der Waals surface area contributed by atoms with Crippen LogP contribution in [-0.4, -0.2) is 15.9 Å². The number of hydrogen-bond donors (Lipinski definition) is 0. The van der Waals surface area contributed by atoms with Crippen molar-refractivity contribution < 1.29 is 9.47 Å². The Balaban J connectivity index is 1.82. The van der Waals surface area contributed by atoms with E-state index in [1.807, 2.05) is 26.0 Å². The largest absolute Gasteiger partial charge is 0.454 e. The first-order valence-electron chi connectivity index (χ1n) is 9.63. The number of rotatable bonds is 3. The van der Waals surface area contributed by atoms with E-state index in [0.717, 1.165) is 10.4 Å². The molecule has 4 aromatic rings. The van der Waals surface area contributed by atoms with Crippen LogP contribution in [0.2, 0.25) is 0 Å². The van der Waals surface area contributed by atoms with Gasteiger partial charge in [0.15, 0.2) is 11.5 Å². The van der Waals surface area contributed by atoms with Gasteiger partial charge in [-0.1, -0.05) is 18.2 Å². The zero-order valence-electron chi connectivity index (χ0n) is 16.8. The molecule has 0 bridgehead atoms. The number of benzene rings is 2. The Morgan fingerprint density at radius 1 is 1.10 bits per heavy atom. The molecule has 0 saturated heterocycles. The topological polar surface area (TPSA) is 86.2 Å². The second kappa shape index (κ2) is 7.15. The summed E-state index contributed by atoms with van der Waals surface area (Å²) < 4.78 is 13.5. The van der Waals surface area contributed by atoms with Crippen LogP contribution in [0.5, 0.6) is 11.5 Å². The Bertz CT molecular complexity index is 1520. The van der Waals surface area contributed by atoms with Crippen molar-refractivity contribution in [1.82, 2.24) is 9.13 Å². The van der Waals surface area contributed by atoms with Crippen LogP contribution in [0.15, 0.2) is 52.1 Å². The second-order valence-electron chi connectivity index (χ2n) is 7.28. The zero-order chi connectivity index (χ0) is 21.7. The highest BCUT2D eigenvalue weighted by Gasteiger charge is 2.22. The fraction of sp³-hybridized carbons (Fsp3) is 0.174. The van der Waals surface area contributed by atoms with Crippen molar-refractivity contribution in [1.29, 1.82) is 5.26 Å². The molecule has 0 amide bonds. The van der Waals surface area contributed by atoms with Crippen molar-refractivity contribution in [2.45, 2.75) is 20.4 Å². The minimum Gasteiger partial charge on any atom is -0.454 e. The average molecular weight is 431 g/mol. The Kier molecular flexibility index (Phi) is 4.41. The third-order valence-corrected chi connectivity index (χ3v) is 6.76. The van der Waals surface area contributed by atoms with Crippen LogP contribution in [0.1, 0.15) is 21.6 Å². The molecule has 2 aromatic carbocycles. The summed E-state index contributed by atoms with van der Waals surface area (Å²) in [5.74, 6) is 1.06. The van der Waals surface area contributed by atoms with E-state index in [1.54, 1.807) is 34.9 Å². The van der Waals surface area contributed by atoms with Crippen LogP contribution in [0.4, 0.5) is 0 Å². The molecule has 154 valence electrons. The van der Waals surface area contributed by atoms with Gasteiger partial charge in [-0.3, -0.25) is 9.36 Å². The fourth-order valence-electron chi connectivity index (χ4n) is 3.79. The van der Waals surface area contributed by atoms with Crippen molar-refractivity contribution in [3.8, 4) is 23.3 Å². The molecule has 0 radical (unpaired) electrons. The van der Waals surface area contributed by atoms with Gasteiger partial charge >= 0.3 is 5.69 Å². The summed E-state index contributed by atoms with van der Waals surface area (Å²) >= 11 is 1.41. The van der Waals surface area contributed by atoms with Crippen molar-refractivity contribution in [2.75, 3.05) is 6.79 Å². The molecule has 0 N–H and O–H groups in total. The van der Waals surface area contributed by atoms with Crippen molar-refractivity contribution in [3.05, 3.63) is 84.9 Å². The summed E-state index contributed by atoms with van der Waals surface area (Å²) in [7, 11) is 0. The molecule has 0 atom stereocenters. The van der Waals surface area contributed by atoms with Gasteiger partial charge in [0, 0.05) is 10.9 Å². The lowest BCUT2D eigenvalue weighted by Gasteiger charge is -2.13. The fourth-order valence-corrected chi connectivity index (χ4v) is 4.93. The van der Waals surface area contributed by atoms with E-state index in [1.165, 1.54) is 15.9 Å². The standard InChI is InChI=1S/C23H17N3O4S/c1-13-14(2)31-22-20(13)21(27)26(17-7-8-18-19(9-17)30-12-29-18)23(28)25(22)11-16-6-4-3-5-15(16)10-24/h3-9H,11-12H2,1-2H3. The number of nitriles is 1. The zero-order valence-corrected chi connectivity index (χ0v) is 17.7. The molecule has 1 aliphatic heterocycles. The maximum Gasteiger partial charge on any atom is 0.337 e. The Labute approximate surface area is 180 Å². The maximum absolute atomic E-state index is 13.6. The highest BCUT2D eigenvalue weighted by Crippen LogP contribution is 2.33. The van der Waals surface area contributed by atoms with Gasteiger partial charge in [0.2, 0.25) is 6.79 Å². The molecule has 3 heterocycles. The second-order valence-corrected chi connectivity index (χ2v) is 8.48. The first-order chi connectivity index (χ1) is 15.0. The van der Waals surface area contributed by atoms with Crippen LogP contribution in [0.25, 0.3) is 15.9 Å².